The van der Waals surface area contributed by atoms with Crippen LogP contribution in [0.2, 0.25) is 0 Å². The first-order valence-electron chi connectivity index (χ1n) is 10.6. The molecule has 0 radical (unpaired) electrons. The summed E-state index contributed by atoms with van der Waals surface area (Å²) in [6.07, 6.45) is -5.93. The quantitative estimate of drug-likeness (QED) is 0.362. The van der Waals surface area contributed by atoms with E-state index >= 15 is 0 Å². The molecule has 0 unspecified atom stereocenters. The number of pyridine rings is 2. The van der Waals surface area contributed by atoms with E-state index in [0.717, 1.165) is 19.4 Å². The van der Waals surface area contributed by atoms with Crippen LogP contribution in [0.1, 0.15) is 28.1 Å². The van der Waals surface area contributed by atoms with E-state index < -0.39 is 36.0 Å². The second-order valence-electron chi connectivity index (χ2n) is 8.10. The molecule has 3 aromatic heterocycles. The van der Waals surface area contributed by atoms with Gasteiger partial charge < -0.3 is 19.1 Å². The standard InChI is InChI=1S/C24H17F6N5O3/c1-35-12-32-10-19(35)23(36,14-4-6-18(33-9-14)24(28,29)30)13-3-5-17-15(7-13)16(8-31)20(21(34-17)37-2)38-11-22(25,26)27/h3-7,9-10,12,36H,11H2,1-2H3/t23-/m1/s1. The van der Waals surface area contributed by atoms with Crippen molar-refractivity contribution in [3.05, 3.63) is 77.1 Å². The molecule has 0 aliphatic carbocycles. The molecular formula is C24H17F6N5O3. The molecule has 0 bridgehead atoms. The average Bonchev–Trinajstić information content (AvgIpc) is 3.31. The summed E-state index contributed by atoms with van der Waals surface area (Å²) in [4.78, 5) is 11.5. The predicted molar refractivity (Wildman–Crippen MR) is 119 cm³/mol. The van der Waals surface area contributed by atoms with Gasteiger partial charge in [-0.05, 0) is 23.8 Å². The second kappa shape index (κ2) is 9.49. The summed E-state index contributed by atoms with van der Waals surface area (Å²) in [6, 6.07) is 7.59. The van der Waals surface area contributed by atoms with Gasteiger partial charge in [0.05, 0.1) is 30.8 Å². The van der Waals surface area contributed by atoms with Gasteiger partial charge in [-0.1, -0.05) is 12.1 Å². The van der Waals surface area contributed by atoms with Crippen molar-refractivity contribution in [3.63, 3.8) is 0 Å². The Labute approximate surface area is 210 Å². The summed E-state index contributed by atoms with van der Waals surface area (Å²) in [5, 5.41) is 21.8. The molecule has 3 heterocycles. The van der Waals surface area contributed by atoms with E-state index in [1.54, 1.807) is 13.1 Å². The third-order valence-corrected chi connectivity index (χ3v) is 5.67. The molecule has 0 spiro atoms. The highest BCUT2D eigenvalue weighted by atomic mass is 19.4. The van der Waals surface area contributed by atoms with E-state index in [2.05, 4.69) is 15.0 Å². The van der Waals surface area contributed by atoms with Crippen LogP contribution in [0, 0.1) is 11.3 Å². The molecule has 4 rings (SSSR count). The van der Waals surface area contributed by atoms with Crippen LogP contribution in [0.25, 0.3) is 10.9 Å². The van der Waals surface area contributed by atoms with Crippen LogP contribution >= 0.6 is 0 Å². The van der Waals surface area contributed by atoms with E-state index in [0.29, 0.717) is 6.07 Å². The Bertz CT molecular complexity index is 1530. The fourth-order valence-corrected chi connectivity index (χ4v) is 3.93. The molecule has 198 valence electrons. The van der Waals surface area contributed by atoms with Crippen molar-refractivity contribution in [2.75, 3.05) is 13.7 Å². The maximum atomic E-state index is 13.1. The van der Waals surface area contributed by atoms with Gasteiger partial charge >= 0.3 is 12.4 Å². The molecule has 0 saturated heterocycles. The maximum Gasteiger partial charge on any atom is 0.433 e. The fourth-order valence-electron chi connectivity index (χ4n) is 3.93. The lowest BCUT2D eigenvalue weighted by atomic mass is 9.83. The van der Waals surface area contributed by atoms with E-state index in [9.17, 15) is 36.7 Å². The number of halogens is 6. The number of methoxy groups -OCH3 is 1. The van der Waals surface area contributed by atoms with Gasteiger partial charge in [0.25, 0.3) is 5.88 Å². The lowest BCUT2D eigenvalue weighted by Gasteiger charge is -2.30. The van der Waals surface area contributed by atoms with Gasteiger partial charge in [0, 0.05) is 24.2 Å². The predicted octanol–water partition coefficient (Wildman–Crippen LogP) is 4.49. The van der Waals surface area contributed by atoms with E-state index in [1.807, 2.05) is 0 Å². The molecule has 38 heavy (non-hydrogen) atoms. The molecule has 14 heteroatoms. The number of ether oxygens (including phenoxy) is 2. The Morgan fingerprint density at radius 3 is 2.29 bits per heavy atom. The lowest BCUT2D eigenvalue weighted by molar-refractivity contribution is -0.153. The van der Waals surface area contributed by atoms with Crippen molar-refractivity contribution in [2.45, 2.75) is 18.0 Å². The highest BCUT2D eigenvalue weighted by Crippen LogP contribution is 2.41. The number of fused-ring (bicyclic) bond motifs is 1. The van der Waals surface area contributed by atoms with Gasteiger partial charge in [0.15, 0.2) is 18.0 Å². The van der Waals surface area contributed by atoms with Crippen molar-refractivity contribution in [2.24, 2.45) is 7.05 Å². The van der Waals surface area contributed by atoms with Crippen molar-refractivity contribution in [1.29, 1.82) is 5.26 Å². The molecule has 0 amide bonds. The van der Waals surface area contributed by atoms with Crippen molar-refractivity contribution < 1.29 is 40.9 Å². The summed E-state index contributed by atoms with van der Waals surface area (Å²) >= 11 is 0. The first-order chi connectivity index (χ1) is 17.8. The van der Waals surface area contributed by atoms with Gasteiger partial charge in [-0.15, -0.1) is 0 Å². The Balaban J connectivity index is 1.96. The van der Waals surface area contributed by atoms with Gasteiger partial charge in [-0.25, -0.2) is 9.97 Å². The molecular weight excluding hydrogens is 520 g/mol. The number of aromatic nitrogens is 4. The number of alkyl halides is 6. The Morgan fingerprint density at radius 2 is 1.76 bits per heavy atom. The van der Waals surface area contributed by atoms with Crippen LogP contribution in [0.15, 0.2) is 49.1 Å². The highest BCUT2D eigenvalue weighted by molar-refractivity contribution is 5.89. The SMILES string of the molecule is COc1nc2ccc([C@@](O)(c3ccc(C(F)(F)F)nc3)c3cncn3C)cc2c(C#N)c1OCC(F)(F)F. The number of benzene rings is 1. The van der Waals surface area contributed by atoms with Crippen LogP contribution in [0.5, 0.6) is 11.6 Å². The molecule has 0 fully saturated rings. The van der Waals surface area contributed by atoms with Gasteiger partial charge in [0.1, 0.15) is 17.3 Å². The number of nitrogens with zero attached hydrogens (tertiary/aromatic N) is 5. The number of rotatable bonds is 6. The number of aryl methyl sites for hydroxylation is 1. The smallest absolute Gasteiger partial charge is 0.433 e. The van der Waals surface area contributed by atoms with Crippen molar-refractivity contribution >= 4 is 10.9 Å². The number of hydrogen-bond acceptors (Lipinski definition) is 7. The molecule has 0 aliphatic rings. The fraction of sp³-hybridized carbons (Fsp3) is 0.250. The minimum Gasteiger partial charge on any atom is -0.478 e. The van der Waals surface area contributed by atoms with Crippen LogP contribution in [-0.2, 0) is 18.8 Å². The third kappa shape index (κ3) is 4.80. The normalized spacial score (nSPS) is 13.7. The molecule has 8 nitrogen and oxygen atoms in total. The molecule has 0 aliphatic heterocycles. The monoisotopic (exact) mass is 537 g/mol. The van der Waals surface area contributed by atoms with Crippen LogP contribution in [-0.4, -0.2) is 44.5 Å². The maximum absolute atomic E-state index is 13.1. The number of hydrogen-bond donors (Lipinski definition) is 1. The van der Waals surface area contributed by atoms with Crippen LogP contribution in [0.3, 0.4) is 0 Å². The Morgan fingerprint density at radius 1 is 1.05 bits per heavy atom. The largest absolute Gasteiger partial charge is 0.478 e. The number of aliphatic hydroxyl groups is 1. The third-order valence-electron chi connectivity index (χ3n) is 5.67. The summed E-state index contributed by atoms with van der Waals surface area (Å²) in [5.41, 5.74) is -3.44. The number of nitriles is 1. The topological polar surface area (TPSA) is 106 Å². The van der Waals surface area contributed by atoms with Crippen molar-refractivity contribution in [1.82, 2.24) is 19.5 Å². The highest BCUT2D eigenvalue weighted by Gasteiger charge is 2.39. The van der Waals surface area contributed by atoms with E-state index in [-0.39, 0.29) is 39.2 Å². The van der Waals surface area contributed by atoms with Crippen LogP contribution in [0.4, 0.5) is 26.3 Å². The first-order valence-corrected chi connectivity index (χ1v) is 10.6. The Hall–Kier alpha value is -4.38. The van der Waals surface area contributed by atoms with Crippen LogP contribution < -0.4 is 9.47 Å². The lowest BCUT2D eigenvalue weighted by Crippen LogP contribution is -2.31. The van der Waals surface area contributed by atoms with E-state index in [1.165, 1.54) is 35.3 Å². The van der Waals surface area contributed by atoms with E-state index in [4.69, 9.17) is 9.47 Å². The second-order valence-corrected chi connectivity index (χ2v) is 8.10. The molecule has 0 saturated carbocycles. The van der Waals surface area contributed by atoms with Crippen molar-refractivity contribution in [3.8, 4) is 17.7 Å². The summed E-state index contributed by atoms with van der Waals surface area (Å²) in [6.45, 7) is -1.72. The Kier molecular flexibility index (Phi) is 6.66. The minimum absolute atomic E-state index is 0.00318. The van der Waals surface area contributed by atoms with Gasteiger partial charge in [0.2, 0.25) is 0 Å². The van der Waals surface area contributed by atoms with Gasteiger partial charge in [-0.2, -0.15) is 31.6 Å². The summed E-state index contributed by atoms with van der Waals surface area (Å²) < 4.78 is 89.1. The molecule has 4 aromatic rings. The first kappa shape index (κ1) is 26.7. The summed E-state index contributed by atoms with van der Waals surface area (Å²) in [7, 11) is 2.69. The minimum atomic E-state index is -4.72. The van der Waals surface area contributed by atoms with Gasteiger partial charge in [-0.3, -0.25) is 4.98 Å². The number of imidazole rings is 1. The zero-order chi connectivity index (χ0) is 27.9. The summed E-state index contributed by atoms with van der Waals surface area (Å²) in [5.74, 6) is -0.919. The average molecular weight is 537 g/mol. The zero-order valence-corrected chi connectivity index (χ0v) is 19.6. The zero-order valence-electron chi connectivity index (χ0n) is 19.6. The molecule has 1 aromatic carbocycles. The molecule has 1 N–H and O–H groups in total. The molecule has 1 atom stereocenters.